The van der Waals surface area contributed by atoms with E-state index in [2.05, 4.69) is 10.3 Å². The highest BCUT2D eigenvalue weighted by Crippen LogP contribution is 2.33. The lowest BCUT2D eigenvalue weighted by Gasteiger charge is -2.37. The summed E-state index contributed by atoms with van der Waals surface area (Å²) in [7, 11) is 0. The third-order valence-corrected chi connectivity index (χ3v) is 5.90. The smallest absolute Gasteiger partial charge is 0.338 e. The number of hydrogen-bond acceptors (Lipinski definition) is 6. The van der Waals surface area contributed by atoms with E-state index < -0.39 is 29.0 Å². The van der Waals surface area contributed by atoms with Gasteiger partial charge in [-0.2, -0.15) is 18.2 Å². The molecule has 1 aliphatic rings. The van der Waals surface area contributed by atoms with Crippen molar-refractivity contribution in [1.29, 1.82) is 0 Å². The van der Waals surface area contributed by atoms with Gasteiger partial charge in [0.2, 0.25) is 5.91 Å². The number of hydrogen-bond donors (Lipinski definition) is 2. The molecule has 1 saturated heterocycles. The van der Waals surface area contributed by atoms with E-state index in [1.807, 2.05) is 0 Å². The first-order valence-electron chi connectivity index (χ1n) is 11.7. The van der Waals surface area contributed by atoms with E-state index >= 15 is 0 Å². The summed E-state index contributed by atoms with van der Waals surface area (Å²) in [6.45, 7) is 5.86. The number of urea groups is 1. The molecule has 0 bridgehead atoms. The number of nitrogens with one attached hydrogen (secondary N) is 1. The molecule has 1 aromatic heterocycles. The fourth-order valence-electron chi connectivity index (χ4n) is 3.85. The number of halogens is 3. The Morgan fingerprint density at radius 1 is 1.05 bits per heavy atom. The molecular weight excluding hydrogens is 493 g/mol. The van der Waals surface area contributed by atoms with E-state index in [1.54, 1.807) is 25.7 Å². The molecule has 3 amide bonds. The topological polar surface area (TPSA) is 131 Å². The van der Waals surface area contributed by atoms with Crippen molar-refractivity contribution in [3.05, 3.63) is 52.1 Å². The van der Waals surface area contributed by atoms with Gasteiger partial charge in [0.05, 0.1) is 16.8 Å². The molecule has 37 heavy (non-hydrogen) atoms. The van der Waals surface area contributed by atoms with E-state index in [-0.39, 0.29) is 54.7 Å². The summed E-state index contributed by atoms with van der Waals surface area (Å²) >= 11 is 0. The summed E-state index contributed by atoms with van der Waals surface area (Å²) in [6, 6.07) is 4.02. The quantitative estimate of drug-likeness (QED) is 0.598. The molecular formula is C24H29F3N6O4. The SMILES string of the molecule is CCC(=O)Cc1ccc(-n2ccc(NC(=O)N3CCN(C(=O)C(C)(C)N)CC3)nc2=O)cc1C(F)(F)F. The van der Waals surface area contributed by atoms with Crippen LogP contribution in [0.25, 0.3) is 5.69 Å². The second kappa shape index (κ2) is 10.7. The first-order chi connectivity index (χ1) is 17.2. The van der Waals surface area contributed by atoms with Crippen molar-refractivity contribution < 1.29 is 27.6 Å². The number of aromatic nitrogens is 2. The van der Waals surface area contributed by atoms with E-state index in [9.17, 15) is 32.3 Å². The molecule has 2 aromatic rings. The van der Waals surface area contributed by atoms with Crippen molar-refractivity contribution in [3.8, 4) is 5.69 Å². The standard InChI is InChI=1S/C24H29F3N6O4/c1-4-17(34)13-15-5-6-16(14-18(15)24(25,26)27)33-8-7-19(30-22(33)37)29-21(36)32-11-9-31(10-12-32)20(35)23(2,3)28/h5-8,14H,4,9-13,28H2,1-3H3,(H,29,30,36,37). The van der Waals surface area contributed by atoms with Crippen LogP contribution in [0.1, 0.15) is 38.3 Å². The highest BCUT2D eigenvalue weighted by Gasteiger charge is 2.34. The van der Waals surface area contributed by atoms with Gasteiger partial charge >= 0.3 is 17.9 Å². The van der Waals surface area contributed by atoms with E-state index in [1.165, 1.54) is 29.3 Å². The van der Waals surface area contributed by atoms with Crippen LogP contribution in [0.3, 0.4) is 0 Å². The Bertz CT molecular complexity index is 1240. The Kier molecular flexibility index (Phi) is 8.06. The molecule has 2 heterocycles. The van der Waals surface area contributed by atoms with Crippen LogP contribution in [0.15, 0.2) is 35.3 Å². The van der Waals surface area contributed by atoms with Gasteiger partial charge in [0.25, 0.3) is 0 Å². The predicted molar refractivity (Wildman–Crippen MR) is 129 cm³/mol. The molecule has 0 atom stereocenters. The number of nitrogens with zero attached hydrogens (tertiary/aromatic N) is 4. The first-order valence-corrected chi connectivity index (χ1v) is 11.7. The molecule has 0 saturated carbocycles. The zero-order chi connectivity index (χ0) is 27.5. The van der Waals surface area contributed by atoms with Crippen LogP contribution < -0.4 is 16.7 Å². The lowest BCUT2D eigenvalue weighted by molar-refractivity contribution is -0.138. The maximum absolute atomic E-state index is 13.6. The van der Waals surface area contributed by atoms with Crippen molar-refractivity contribution in [2.75, 3.05) is 31.5 Å². The fourth-order valence-corrected chi connectivity index (χ4v) is 3.85. The lowest BCUT2D eigenvalue weighted by atomic mass is 10.00. The van der Waals surface area contributed by atoms with Gasteiger partial charge in [0.1, 0.15) is 11.6 Å². The van der Waals surface area contributed by atoms with Gasteiger partial charge in [-0.1, -0.05) is 13.0 Å². The van der Waals surface area contributed by atoms with Crippen molar-refractivity contribution in [1.82, 2.24) is 19.4 Å². The van der Waals surface area contributed by atoms with Crippen LogP contribution in [-0.4, -0.2) is 68.8 Å². The average Bonchev–Trinajstić information content (AvgIpc) is 2.82. The summed E-state index contributed by atoms with van der Waals surface area (Å²) in [6.07, 6.45) is -3.78. The molecule has 0 radical (unpaired) electrons. The van der Waals surface area contributed by atoms with E-state index in [0.717, 1.165) is 10.6 Å². The second-order valence-electron chi connectivity index (χ2n) is 9.30. The Balaban J connectivity index is 1.73. The molecule has 0 aliphatic carbocycles. The zero-order valence-corrected chi connectivity index (χ0v) is 20.8. The van der Waals surface area contributed by atoms with Gasteiger partial charge in [-0.05, 0) is 37.6 Å². The van der Waals surface area contributed by atoms with Gasteiger partial charge in [-0.25, -0.2) is 9.59 Å². The van der Waals surface area contributed by atoms with Gasteiger partial charge in [0, 0.05) is 45.2 Å². The first kappa shape index (κ1) is 27.8. The molecule has 0 unspecified atom stereocenters. The minimum Gasteiger partial charge on any atom is -0.338 e. The number of benzene rings is 1. The second-order valence-corrected chi connectivity index (χ2v) is 9.30. The monoisotopic (exact) mass is 522 g/mol. The third-order valence-electron chi connectivity index (χ3n) is 5.90. The van der Waals surface area contributed by atoms with Gasteiger partial charge in [0.15, 0.2) is 0 Å². The molecule has 0 spiro atoms. The minimum absolute atomic E-state index is 0.0749. The maximum Gasteiger partial charge on any atom is 0.416 e. The molecule has 1 aliphatic heterocycles. The normalized spacial score (nSPS) is 14.5. The molecule has 13 heteroatoms. The summed E-state index contributed by atoms with van der Waals surface area (Å²) in [4.78, 5) is 56.0. The minimum atomic E-state index is -4.72. The molecule has 3 rings (SSSR count). The zero-order valence-electron chi connectivity index (χ0n) is 20.8. The number of anilines is 1. The number of amides is 3. The van der Waals surface area contributed by atoms with Crippen molar-refractivity contribution in [2.24, 2.45) is 5.73 Å². The lowest BCUT2D eigenvalue weighted by Crippen LogP contribution is -2.58. The van der Waals surface area contributed by atoms with Gasteiger partial charge in [-0.3, -0.25) is 19.5 Å². The molecule has 3 N–H and O–H groups in total. The Labute approximate surface area is 211 Å². The highest BCUT2D eigenvalue weighted by atomic mass is 19.4. The van der Waals surface area contributed by atoms with Gasteiger partial charge in [-0.15, -0.1) is 0 Å². The van der Waals surface area contributed by atoms with E-state index in [0.29, 0.717) is 13.1 Å². The Morgan fingerprint density at radius 3 is 2.22 bits per heavy atom. The number of Topliss-reactive ketones (excluding diaryl/α,β-unsaturated/α-hetero) is 1. The Hall–Kier alpha value is -3.74. The number of carbonyl (C=O) groups excluding carboxylic acids is 3. The number of alkyl halides is 3. The number of piperazine rings is 1. The maximum atomic E-state index is 13.6. The van der Waals surface area contributed by atoms with Crippen LogP contribution >= 0.6 is 0 Å². The number of ketones is 1. The van der Waals surface area contributed by atoms with E-state index in [4.69, 9.17) is 5.73 Å². The number of rotatable bonds is 6. The average molecular weight is 523 g/mol. The van der Waals surface area contributed by atoms with Crippen molar-refractivity contribution in [3.63, 3.8) is 0 Å². The fraction of sp³-hybridized carbons (Fsp3) is 0.458. The van der Waals surface area contributed by atoms with Gasteiger partial charge < -0.3 is 15.5 Å². The molecule has 200 valence electrons. The predicted octanol–water partition coefficient (Wildman–Crippen LogP) is 2.19. The van der Waals surface area contributed by atoms with Crippen molar-refractivity contribution >= 4 is 23.5 Å². The number of nitrogens with two attached hydrogens (primary N) is 1. The summed E-state index contributed by atoms with van der Waals surface area (Å²) in [5.41, 5.74) is 2.65. The molecule has 1 aromatic carbocycles. The van der Waals surface area contributed by atoms with Crippen LogP contribution in [-0.2, 0) is 22.2 Å². The Morgan fingerprint density at radius 2 is 1.68 bits per heavy atom. The summed E-state index contributed by atoms with van der Waals surface area (Å²) in [5, 5.41) is 2.50. The highest BCUT2D eigenvalue weighted by molar-refractivity contribution is 5.89. The summed E-state index contributed by atoms with van der Waals surface area (Å²) < 4.78 is 41.8. The molecule has 1 fully saturated rings. The van der Waals surface area contributed by atoms with Crippen LogP contribution in [0, 0.1) is 0 Å². The third kappa shape index (κ3) is 6.73. The van der Waals surface area contributed by atoms with Crippen molar-refractivity contribution in [2.45, 2.75) is 45.3 Å². The van der Waals surface area contributed by atoms with Crippen LogP contribution in [0.5, 0.6) is 0 Å². The van der Waals surface area contributed by atoms with Crippen LogP contribution in [0.4, 0.5) is 23.8 Å². The largest absolute Gasteiger partial charge is 0.416 e. The number of carbonyl (C=O) groups is 3. The van der Waals surface area contributed by atoms with Crippen LogP contribution in [0.2, 0.25) is 0 Å². The summed E-state index contributed by atoms with van der Waals surface area (Å²) in [5.74, 6) is -0.640. The molecule has 10 nitrogen and oxygen atoms in total.